The average Bonchev–Trinajstić information content (AvgIpc) is 2.37. The molecular formula is C16H30N2O3. The van der Waals surface area contributed by atoms with Crippen LogP contribution in [0.15, 0.2) is 0 Å². The highest BCUT2D eigenvalue weighted by Gasteiger charge is 2.36. The van der Waals surface area contributed by atoms with Gasteiger partial charge in [0, 0.05) is 26.2 Å². The molecule has 0 aromatic heterocycles. The fourth-order valence-corrected chi connectivity index (χ4v) is 3.71. The first kappa shape index (κ1) is 16.7. The first-order valence-corrected chi connectivity index (χ1v) is 8.28. The van der Waals surface area contributed by atoms with Crippen molar-refractivity contribution in [2.75, 3.05) is 39.3 Å². The van der Waals surface area contributed by atoms with Crippen LogP contribution in [-0.2, 0) is 9.53 Å². The van der Waals surface area contributed by atoms with E-state index in [-0.39, 0.29) is 18.1 Å². The standard InChI is InChI=1S/C16H30N2O3/c1-12(2)9-17-7-8-21-14(10-17)11-18-6-4-5-13(3)15(18)16(19)20/h12-15H,4-11H2,1-3H3,(H,19,20). The van der Waals surface area contributed by atoms with Crippen LogP contribution in [0, 0.1) is 11.8 Å². The normalized spacial score (nSPS) is 32.5. The van der Waals surface area contributed by atoms with Gasteiger partial charge >= 0.3 is 5.97 Å². The number of carbonyl (C=O) groups is 1. The molecule has 21 heavy (non-hydrogen) atoms. The van der Waals surface area contributed by atoms with Gasteiger partial charge in [0.25, 0.3) is 0 Å². The van der Waals surface area contributed by atoms with Crippen molar-refractivity contribution in [2.45, 2.75) is 45.8 Å². The molecule has 2 heterocycles. The lowest BCUT2D eigenvalue weighted by Gasteiger charge is -2.41. The Morgan fingerprint density at radius 1 is 1.38 bits per heavy atom. The molecule has 2 aliphatic rings. The first-order chi connectivity index (χ1) is 9.97. The molecule has 5 nitrogen and oxygen atoms in total. The fourth-order valence-electron chi connectivity index (χ4n) is 3.71. The molecule has 1 N–H and O–H groups in total. The second-order valence-corrected chi connectivity index (χ2v) is 7.04. The lowest BCUT2D eigenvalue weighted by molar-refractivity contribution is -0.148. The molecule has 0 aromatic carbocycles. The average molecular weight is 298 g/mol. The SMILES string of the molecule is CC(C)CN1CCOC(CN2CCCC(C)C2C(=O)O)C1. The molecule has 2 fully saturated rings. The Balaban J connectivity index is 1.91. The molecule has 2 rings (SSSR count). The van der Waals surface area contributed by atoms with E-state index in [4.69, 9.17) is 4.74 Å². The van der Waals surface area contributed by atoms with Crippen molar-refractivity contribution in [2.24, 2.45) is 11.8 Å². The van der Waals surface area contributed by atoms with E-state index >= 15 is 0 Å². The van der Waals surface area contributed by atoms with Crippen molar-refractivity contribution in [1.29, 1.82) is 0 Å². The molecule has 5 heteroatoms. The smallest absolute Gasteiger partial charge is 0.321 e. The zero-order chi connectivity index (χ0) is 15.4. The number of carboxylic acids is 1. The minimum Gasteiger partial charge on any atom is -0.480 e. The Labute approximate surface area is 128 Å². The van der Waals surface area contributed by atoms with E-state index in [0.717, 1.165) is 52.2 Å². The molecule has 0 spiro atoms. The van der Waals surface area contributed by atoms with Gasteiger partial charge in [0.1, 0.15) is 6.04 Å². The maximum absolute atomic E-state index is 11.5. The van der Waals surface area contributed by atoms with Crippen molar-refractivity contribution in [3.8, 4) is 0 Å². The van der Waals surface area contributed by atoms with E-state index in [0.29, 0.717) is 5.92 Å². The molecule has 122 valence electrons. The van der Waals surface area contributed by atoms with E-state index in [2.05, 4.69) is 30.6 Å². The Morgan fingerprint density at radius 2 is 2.14 bits per heavy atom. The molecular weight excluding hydrogens is 268 g/mol. The van der Waals surface area contributed by atoms with Gasteiger partial charge in [-0.25, -0.2) is 0 Å². The van der Waals surface area contributed by atoms with Gasteiger partial charge in [-0.05, 0) is 31.2 Å². The molecule has 2 aliphatic heterocycles. The summed E-state index contributed by atoms with van der Waals surface area (Å²) in [7, 11) is 0. The molecule has 3 atom stereocenters. The highest BCUT2D eigenvalue weighted by atomic mass is 16.5. The van der Waals surface area contributed by atoms with Gasteiger partial charge in [-0.1, -0.05) is 20.8 Å². The Bertz CT molecular complexity index is 348. The lowest BCUT2D eigenvalue weighted by atomic mass is 9.90. The minimum absolute atomic E-state index is 0.143. The molecule has 2 saturated heterocycles. The summed E-state index contributed by atoms with van der Waals surface area (Å²) in [5.74, 6) is 0.203. The van der Waals surface area contributed by atoms with Crippen LogP contribution in [0.2, 0.25) is 0 Å². The Morgan fingerprint density at radius 3 is 2.81 bits per heavy atom. The van der Waals surface area contributed by atoms with E-state index in [1.54, 1.807) is 0 Å². The number of hydrogen-bond donors (Lipinski definition) is 1. The van der Waals surface area contributed by atoms with Gasteiger partial charge in [0.05, 0.1) is 12.7 Å². The summed E-state index contributed by atoms with van der Waals surface area (Å²) >= 11 is 0. The number of ether oxygens (including phenoxy) is 1. The molecule has 0 bridgehead atoms. The molecule has 0 aromatic rings. The lowest BCUT2D eigenvalue weighted by Crippen LogP contribution is -2.55. The summed E-state index contributed by atoms with van der Waals surface area (Å²) in [6.07, 6.45) is 2.25. The number of carboxylic acid groups (broad SMARTS) is 1. The highest BCUT2D eigenvalue weighted by Crippen LogP contribution is 2.24. The zero-order valence-electron chi connectivity index (χ0n) is 13.6. The number of nitrogens with zero attached hydrogens (tertiary/aromatic N) is 2. The highest BCUT2D eigenvalue weighted by molar-refractivity contribution is 5.74. The van der Waals surface area contributed by atoms with Gasteiger partial charge in [0.2, 0.25) is 0 Å². The molecule has 0 aliphatic carbocycles. The third kappa shape index (κ3) is 4.66. The van der Waals surface area contributed by atoms with Crippen LogP contribution < -0.4 is 0 Å². The van der Waals surface area contributed by atoms with E-state index in [1.165, 1.54) is 0 Å². The zero-order valence-corrected chi connectivity index (χ0v) is 13.6. The van der Waals surface area contributed by atoms with Gasteiger partial charge in [-0.15, -0.1) is 0 Å². The predicted molar refractivity (Wildman–Crippen MR) is 82.4 cm³/mol. The Hall–Kier alpha value is -0.650. The number of piperidine rings is 1. The third-order valence-electron chi connectivity index (χ3n) is 4.57. The van der Waals surface area contributed by atoms with Crippen LogP contribution in [0.3, 0.4) is 0 Å². The number of rotatable bonds is 5. The van der Waals surface area contributed by atoms with Crippen LogP contribution >= 0.6 is 0 Å². The van der Waals surface area contributed by atoms with E-state index in [9.17, 15) is 9.90 Å². The third-order valence-corrected chi connectivity index (χ3v) is 4.57. The fraction of sp³-hybridized carbons (Fsp3) is 0.938. The van der Waals surface area contributed by atoms with Crippen molar-refractivity contribution in [3.63, 3.8) is 0 Å². The van der Waals surface area contributed by atoms with Gasteiger partial charge in [-0.3, -0.25) is 14.6 Å². The summed E-state index contributed by atoms with van der Waals surface area (Å²) in [6.45, 7) is 11.9. The largest absolute Gasteiger partial charge is 0.480 e. The van der Waals surface area contributed by atoms with Gasteiger partial charge < -0.3 is 9.84 Å². The van der Waals surface area contributed by atoms with Crippen LogP contribution in [-0.4, -0.2) is 72.4 Å². The maximum Gasteiger partial charge on any atom is 0.321 e. The molecule has 3 unspecified atom stereocenters. The molecule has 0 radical (unpaired) electrons. The second kappa shape index (κ2) is 7.56. The van der Waals surface area contributed by atoms with Crippen LogP contribution in [0.1, 0.15) is 33.6 Å². The summed E-state index contributed by atoms with van der Waals surface area (Å²) in [5.41, 5.74) is 0. The second-order valence-electron chi connectivity index (χ2n) is 7.04. The van der Waals surface area contributed by atoms with Crippen molar-refractivity contribution < 1.29 is 14.6 Å². The summed E-state index contributed by atoms with van der Waals surface area (Å²) in [4.78, 5) is 16.1. The number of hydrogen-bond acceptors (Lipinski definition) is 4. The maximum atomic E-state index is 11.5. The van der Waals surface area contributed by atoms with Gasteiger partial charge in [-0.2, -0.15) is 0 Å². The number of likely N-dealkylation sites (tertiary alicyclic amines) is 1. The van der Waals surface area contributed by atoms with Crippen molar-refractivity contribution in [3.05, 3.63) is 0 Å². The van der Waals surface area contributed by atoms with E-state index < -0.39 is 5.97 Å². The summed E-state index contributed by atoms with van der Waals surface area (Å²) in [5, 5.41) is 9.49. The predicted octanol–water partition coefficient (Wildman–Crippen LogP) is 1.53. The quantitative estimate of drug-likeness (QED) is 0.834. The monoisotopic (exact) mass is 298 g/mol. The topological polar surface area (TPSA) is 53.0 Å². The number of aliphatic carboxylic acids is 1. The van der Waals surface area contributed by atoms with Crippen LogP contribution in [0.25, 0.3) is 0 Å². The first-order valence-electron chi connectivity index (χ1n) is 8.28. The van der Waals surface area contributed by atoms with E-state index in [1.807, 2.05) is 0 Å². The van der Waals surface area contributed by atoms with Crippen LogP contribution in [0.5, 0.6) is 0 Å². The number of morpholine rings is 1. The minimum atomic E-state index is -0.683. The summed E-state index contributed by atoms with van der Waals surface area (Å²) < 4.78 is 5.88. The van der Waals surface area contributed by atoms with Gasteiger partial charge in [0.15, 0.2) is 0 Å². The van der Waals surface area contributed by atoms with Crippen molar-refractivity contribution >= 4 is 5.97 Å². The molecule has 0 saturated carbocycles. The van der Waals surface area contributed by atoms with Crippen LogP contribution in [0.4, 0.5) is 0 Å². The van der Waals surface area contributed by atoms with Crippen molar-refractivity contribution in [1.82, 2.24) is 9.80 Å². The molecule has 0 amide bonds. The summed E-state index contributed by atoms with van der Waals surface area (Å²) in [6, 6.07) is -0.345. The Kier molecular flexibility index (Phi) is 6.02.